The fraction of sp³-hybridized carbons (Fsp3) is 0.167. The lowest BCUT2D eigenvalue weighted by Gasteiger charge is -1.80. The van der Waals surface area contributed by atoms with Crippen molar-refractivity contribution in [3.05, 3.63) is 0 Å². The molecule has 0 aromatic rings. The third kappa shape index (κ3) is 565. The van der Waals surface area contributed by atoms with Crippen LogP contribution in [0.25, 0.3) is 0 Å². The first-order valence-electron chi connectivity index (χ1n) is 4.22. The Kier molecular flexibility index (Phi) is 839. The summed E-state index contributed by atoms with van der Waals surface area (Å²) in [6, 6.07) is 0. The molecule has 0 aliphatic heterocycles. The summed E-state index contributed by atoms with van der Waals surface area (Å²) in [5.74, 6) is -0.324. The van der Waals surface area contributed by atoms with Gasteiger partial charge < -0.3 is 43.2 Å². The van der Waals surface area contributed by atoms with Crippen molar-refractivity contribution in [3.63, 3.8) is 0 Å². The van der Waals surface area contributed by atoms with Crippen LogP contribution >= 0.6 is 0 Å². The predicted octanol–water partition coefficient (Wildman–Crippen LogP) is -1.56. The van der Waals surface area contributed by atoms with Gasteiger partial charge in [0.15, 0.2) is 0 Å². The molecular weight excluding hydrogens is 304 g/mol. The van der Waals surface area contributed by atoms with Crippen LogP contribution in [-0.2, 0) is 47.9 Å². The Morgan fingerprint density at radius 1 is 0.500 bits per heavy atom. The second-order valence-corrected chi connectivity index (χ2v) is 1.28. The van der Waals surface area contributed by atoms with E-state index in [0.717, 1.165) is 0 Å². The molecule has 0 amide bonds. The van der Waals surface area contributed by atoms with Crippen molar-refractivity contribution in [2.75, 3.05) is 0 Å². The van der Waals surface area contributed by atoms with E-state index < -0.39 is 0 Å². The molecule has 0 heterocycles. The van der Waals surface area contributed by atoms with Crippen molar-refractivity contribution in [1.82, 2.24) is 0 Å². The first-order chi connectivity index (χ1) is 10.8. The van der Waals surface area contributed by atoms with Gasteiger partial charge in [0.25, 0.3) is 0 Å². The molecule has 128 valence electrons. The average Bonchev–Trinajstić information content (AvgIpc) is 2.67. The Balaban J connectivity index is -0.0000000198. The molecule has 0 aliphatic carbocycles. The summed E-state index contributed by atoms with van der Waals surface area (Å²) in [5, 5.41) is 0. The largest absolute Gasteiger partial charge is 0.307 e. The van der Waals surface area contributed by atoms with E-state index in [1.165, 1.54) is 0 Å². The Hall–Kier alpha value is -3.30. The number of carbonyl (C=O) groups excluding carboxylic acids is 10. The number of carbonyl (C=O) groups is 10. The SMILES string of the molecule is C=O.C=O.C=O.C=O.C=O.C=O.C=O.O=CCC(=O)CC=O. The predicted molar refractivity (Wildman–Crippen MR) is 76.2 cm³/mol. The molecule has 0 fully saturated rings. The molecule has 0 N–H and O–H groups in total. The molecule has 0 bridgehead atoms. The molecule has 0 saturated heterocycles. The first-order valence-corrected chi connectivity index (χ1v) is 4.22. The minimum atomic E-state index is -0.324. The second kappa shape index (κ2) is 361. The van der Waals surface area contributed by atoms with E-state index in [4.69, 9.17) is 33.6 Å². The van der Waals surface area contributed by atoms with Crippen molar-refractivity contribution >= 4 is 65.9 Å². The number of Topliss-reactive ketones (excluding diaryl/α,β-unsaturated/α-hetero) is 1. The Labute approximate surface area is 127 Å². The van der Waals surface area contributed by atoms with Gasteiger partial charge in [0.05, 0.1) is 12.8 Å². The molecule has 0 aliphatic rings. The van der Waals surface area contributed by atoms with Gasteiger partial charge in [-0.25, -0.2) is 0 Å². The lowest BCUT2D eigenvalue weighted by atomic mass is 10.2. The Bertz CT molecular complexity index is 167. The van der Waals surface area contributed by atoms with Crippen molar-refractivity contribution in [2.24, 2.45) is 0 Å². The van der Waals surface area contributed by atoms with Crippen LogP contribution < -0.4 is 0 Å². The minimum absolute atomic E-state index is 0.140. The molecule has 10 nitrogen and oxygen atoms in total. The molecule has 0 aromatic heterocycles. The molecule has 22 heavy (non-hydrogen) atoms. The van der Waals surface area contributed by atoms with Gasteiger partial charge in [-0.3, -0.25) is 4.79 Å². The average molecular weight is 324 g/mol. The highest BCUT2D eigenvalue weighted by molar-refractivity contribution is 5.96. The van der Waals surface area contributed by atoms with Crippen LogP contribution in [0.3, 0.4) is 0 Å². The van der Waals surface area contributed by atoms with Gasteiger partial charge in [-0.1, -0.05) is 0 Å². The van der Waals surface area contributed by atoms with Gasteiger partial charge in [0.2, 0.25) is 0 Å². The molecule has 0 saturated carbocycles. The topological polar surface area (TPSA) is 171 Å². The van der Waals surface area contributed by atoms with Crippen LogP contribution in [0.15, 0.2) is 0 Å². The number of hydrogen-bond acceptors (Lipinski definition) is 10. The lowest BCUT2D eigenvalue weighted by molar-refractivity contribution is -0.124. The molecule has 0 radical (unpaired) electrons. The monoisotopic (exact) mass is 324 g/mol. The van der Waals surface area contributed by atoms with Crippen molar-refractivity contribution < 1.29 is 47.9 Å². The highest BCUT2D eigenvalue weighted by atomic mass is 16.2. The molecule has 0 unspecified atom stereocenters. The smallest absolute Gasteiger partial charge is 0.147 e. The number of rotatable bonds is 4. The quantitative estimate of drug-likeness (QED) is 0.435. The Morgan fingerprint density at radius 3 is 0.727 bits per heavy atom. The van der Waals surface area contributed by atoms with E-state index in [1.54, 1.807) is 0 Å². The van der Waals surface area contributed by atoms with Crippen molar-refractivity contribution in [2.45, 2.75) is 12.8 Å². The van der Waals surface area contributed by atoms with E-state index in [9.17, 15) is 14.4 Å². The summed E-state index contributed by atoms with van der Waals surface area (Å²) >= 11 is 0. The van der Waals surface area contributed by atoms with Gasteiger partial charge in [0, 0.05) is 0 Å². The number of aldehydes is 2. The molecule has 0 aromatic carbocycles. The summed E-state index contributed by atoms with van der Waals surface area (Å²) in [7, 11) is 0. The van der Waals surface area contributed by atoms with Gasteiger partial charge in [-0.2, -0.15) is 0 Å². The summed E-state index contributed by atoms with van der Waals surface area (Å²) in [5.41, 5.74) is 0. The molecule has 0 spiro atoms. The highest BCUT2D eigenvalue weighted by Crippen LogP contribution is 1.80. The summed E-state index contributed by atoms with van der Waals surface area (Å²) in [4.78, 5) is 85.3. The zero-order chi connectivity index (χ0) is 20.4. The third-order valence-electron chi connectivity index (χ3n) is 0.622. The molecule has 0 rings (SSSR count). The van der Waals surface area contributed by atoms with Crippen LogP contribution in [-0.4, -0.2) is 65.9 Å². The van der Waals surface area contributed by atoms with Crippen molar-refractivity contribution in [3.8, 4) is 0 Å². The van der Waals surface area contributed by atoms with Gasteiger partial charge in [-0.15, -0.1) is 0 Å². The van der Waals surface area contributed by atoms with E-state index in [2.05, 4.69) is 0 Å². The summed E-state index contributed by atoms with van der Waals surface area (Å²) in [6.07, 6.45) is 0.704. The third-order valence-corrected chi connectivity index (χ3v) is 0.622. The Morgan fingerprint density at radius 2 is 0.636 bits per heavy atom. The maximum atomic E-state index is 10.2. The van der Waals surface area contributed by atoms with Gasteiger partial charge >= 0.3 is 0 Å². The highest BCUT2D eigenvalue weighted by Gasteiger charge is 1.95. The van der Waals surface area contributed by atoms with Gasteiger partial charge in [-0.05, 0) is 0 Å². The zero-order valence-corrected chi connectivity index (χ0v) is 12.1. The van der Waals surface area contributed by atoms with E-state index in [1.807, 2.05) is 47.5 Å². The minimum Gasteiger partial charge on any atom is -0.307 e. The summed E-state index contributed by atoms with van der Waals surface area (Å²) < 4.78 is 0. The molecule has 10 heteroatoms. The van der Waals surface area contributed by atoms with E-state index in [-0.39, 0.29) is 18.6 Å². The lowest BCUT2D eigenvalue weighted by Crippen LogP contribution is -1.97. The van der Waals surface area contributed by atoms with Gasteiger partial charge in [0.1, 0.15) is 65.9 Å². The van der Waals surface area contributed by atoms with Crippen LogP contribution in [0.2, 0.25) is 0 Å². The van der Waals surface area contributed by atoms with Crippen LogP contribution in [0, 0.1) is 0 Å². The fourth-order valence-electron chi connectivity index (χ4n) is 0.269. The number of hydrogen-bond donors (Lipinski definition) is 0. The first kappa shape index (κ1) is 51.2. The standard InChI is InChI=1S/C5H6O3.7CH2O/c6-3-1-5(8)2-4-7;7*1-2/h3-4H,1-2H2;7*1H2. The normalized spacial score (nSPS) is 4.18. The van der Waals surface area contributed by atoms with E-state index >= 15 is 0 Å². The molecular formula is C12H20O10. The fourth-order valence-corrected chi connectivity index (χ4v) is 0.269. The molecule has 0 atom stereocenters. The van der Waals surface area contributed by atoms with Crippen LogP contribution in [0.4, 0.5) is 0 Å². The maximum Gasteiger partial charge on any atom is 0.147 e. The number of ketones is 1. The second-order valence-electron chi connectivity index (χ2n) is 1.28. The maximum absolute atomic E-state index is 10.2. The van der Waals surface area contributed by atoms with Crippen LogP contribution in [0.1, 0.15) is 12.8 Å². The van der Waals surface area contributed by atoms with Crippen molar-refractivity contribution in [1.29, 1.82) is 0 Å². The van der Waals surface area contributed by atoms with E-state index in [0.29, 0.717) is 12.6 Å². The zero-order valence-electron chi connectivity index (χ0n) is 12.1. The van der Waals surface area contributed by atoms with Crippen LogP contribution in [0.5, 0.6) is 0 Å². The summed E-state index contributed by atoms with van der Waals surface area (Å²) in [6.45, 7) is 14.0.